The van der Waals surface area contributed by atoms with Crippen LogP contribution in [0.3, 0.4) is 0 Å². The monoisotopic (exact) mass is 372 g/mol. The van der Waals surface area contributed by atoms with Crippen molar-refractivity contribution in [1.29, 1.82) is 0 Å². The minimum Gasteiger partial charge on any atom is -0.452 e. The zero-order chi connectivity index (χ0) is 19.6. The number of aryl methyl sites for hydroxylation is 1. The summed E-state index contributed by atoms with van der Waals surface area (Å²) >= 11 is 0. The molecule has 0 unspecified atom stereocenters. The van der Waals surface area contributed by atoms with Crippen molar-refractivity contribution in [3.8, 4) is 0 Å². The lowest BCUT2D eigenvalue weighted by atomic mass is 9.78. The normalized spacial score (nSPS) is 25.6. The van der Waals surface area contributed by atoms with E-state index < -0.39 is 5.97 Å². The molecule has 5 nitrogen and oxygen atoms in total. The Hall–Kier alpha value is -2.04. The van der Waals surface area contributed by atoms with Gasteiger partial charge in [0.2, 0.25) is 0 Å². The Morgan fingerprint density at radius 2 is 1.96 bits per heavy atom. The van der Waals surface area contributed by atoms with Gasteiger partial charge in [0, 0.05) is 29.5 Å². The smallest absolute Gasteiger partial charge is 0.331 e. The summed E-state index contributed by atoms with van der Waals surface area (Å²) < 4.78 is 7.46. The van der Waals surface area contributed by atoms with Gasteiger partial charge in [-0.2, -0.15) is 0 Å². The number of rotatable bonds is 6. The molecule has 0 spiro atoms. The van der Waals surface area contributed by atoms with Crippen LogP contribution in [0.15, 0.2) is 12.1 Å². The molecule has 1 aromatic rings. The molecule has 2 fully saturated rings. The van der Waals surface area contributed by atoms with Crippen molar-refractivity contribution in [1.82, 2.24) is 9.88 Å². The van der Waals surface area contributed by atoms with Crippen molar-refractivity contribution in [3.63, 3.8) is 0 Å². The van der Waals surface area contributed by atoms with Crippen LogP contribution in [0.1, 0.15) is 68.9 Å². The van der Waals surface area contributed by atoms with Gasteiger partial charge in [0.15, 0.2) is 6.61 Å². The lowest BCUT2D eigenvalue weighted by Crippen LogP contribution is -2.45. The highest BCUT2D eigenvalue weighted by molar-refractivity contribution is 5.89. The molecule has 0 saturated heterocycles. The molecule has 5 heteroatoms. The second-order valence-corrected chi connectivity index (χ2v) is 8.31. The molecule has 0 bridgehead atoms. The molecule has 0 aliphatic heterocycles. The summed E-state index contributed by atoms with van der Waals surface area (Å²) in [5.41, 5.74) is 3.43. The van der Waals surface area contributed by atoms with E-state index >= 15 is 0 Å². The van der Waals surface area contributed by atoms with E-state index in [1.165, 1.54) is 36.7 Å². The van der Waals surface area contributed by atoms with Crippen LogP contribution in [0.2, 0.25) is 0 Å². The molecule has 0 aromatic carbocycles. The molecule has 3 atom stereocenters. The highest BCUT2D eigenvalue weighted by atomic mass is 16.5. The van der Waals surface area contributed by atoms with Crippen LogP contribution in [0.4, 0.5) is 0 Å². The van der Waals surface area contributed by atoms with Gasteiger partial charge >= 0.3 is 5.97 Å². The van der Waals surface area contributed by atoms with Crippen LogP contribution in [-0.2, 0) is 14.3 Å². The van der Waals surface area contributed by atoms with Gasteiger partial charge in [-0.1, -0.05) is 26.7 Å². The number of ether oxygens (including phenoxy) is 1. The molecule has 148 valence electrons. The van der Waals surface area contributed by atoms with Crippen molar-refractivity contribution in [2.75, 3.05) is 6.61 Å². The zero-order valence-corrected chi connectivity index (χ0v) is 17.0. The average Bonchev–Trinajstić information content (AvgIpc) is 3.41. The van der Waals surface area contributed by atoms with Gasteiger partial charge in [0.1, 0.15) is 0 Å². The van der Waals surface area contributed by atoms with Crippen LogP contribution in [0.5, 0.6) is 0 Å². The largest absolute Gasteiger partial charge is 0.452 e. The predicted molar refractivity (Wildman–Crippen MR) is 106 cm³/mol. The third kappa shape index (κ3) is 4.82. The number of aromatic nitrogens is 1. The fourth-order valence-electron chi connectivity index (χ4n) is 4.24. The minimum atomic E-state index is -0.480. The van der Waals surface area contributed by atoms with Crippen LogP contribution in [-0.4, -0.2) is 29.1 Å². The molecule has 1 amide bonds. The van der Waals surface area contributed by atoms with Gasteiger partial charge in [0.25, 0.3) is 5.91 Å². The van der Waals surface area contributed by atoms with Crippen molar-refractivity contribution >= 4 is 18.0 Å². The minimum absolute atomic E-state index is 0.184. The van der Waals surface area contributed by atoms with Crippen molar-refractivity contribution < 1.29 is 14.3 Å². The van der Waals surface area contributed by atoms with E-state index in [1.807, 2.05) is 0 Å². The first-order chi connectivity index (χ1) is 12.9. The number of carbonyl (C=O) groups excluding carboxylic acids is 2. The summed E-state index contributed by atoms with van der Waals surface area (Å²) in [6, 6.07) is 2.89. The van der Waals surface area contributed by atoms with Crippen LogP contribution in [0, 0.1) is 25.7 Å². The molecule has 1 aromatic heterocycles. The van der Waals surface area contributed by atoms with Gasteiger partial charge in [-0.15, -0.1) is 0 Å². The molecule has 0 radical (unpaired) electrons. The predicted octanol–water partition coefficient (Wildman–Crippen LogP) is 3.94. The van der Waals surface area contributed by atoms with Crippen molar-refractivity contribution in [2.24, 2.45) is 11.8 Å². The van der Waals surface area contributed by atoms with Gasteiger partial charge < -0.3 is 14.6 Å². The second kappa shape index (κ2) is 8.32. The number of hydrogen-bond donors (Lipinski definition) is 1. The molecule has 2 aliphatic carbocycles. The molecule has 2 aliphatic rings. The number of esters is 1. The molecule has 3 rings (SSSR count). The van der Waals surface area contributed by atoms with Gasteiger partial charge in [0.05, 0.1) is 0 Å². The number of amides is 1. The molecule has 27 heavy (non-hydrogen) atoms. The first-order valence-electron chi connectivity index (χ1n) is 10.2. The molecular formula is C22H32N2O3. The summed E-state index contributed by atoms with van der Waals surface area (Å²) in [6.45, 7) is 8.37. The number of nitrogens with zero attached hydrogens (tertiary/aromatic N) is 1. The number of carbonyl (C=O) groups is 2. The second-order valence-electron chi connectivity index (χ2n) is 8.31. The van der Waals surface area contributed by atoms with Crippen molar-refractivity contribution in [3.05, 3.63) is 29.1 Å². The van der Waals surface area contributed by atoms with E-state index in [1.54, 1.807) is 6.08 Å². The Kier molecular flexibility index (Phi) is 6.08. The van der Waals surface area contributed by atoms with E-state index in [0.29, 0.717) is 17.9 Å². The SMILES string of the molecule is Cc1cc(/C=C/C(=O)OCC(=O)N[C@@H]2CCC[C@@H](C)[C@@H]2C)c(C)n1C1CC1. The molecule has 1 heterocycles. The summed E-state index contributed by atoms with van der Waals surface area (Å²) in [4.78, 5) is 24.1. The summed E-state index contributed by atoms with van der Waals surface area (Å²) in [5, 5.41) is 3.02. The van der Waals surface area contributed by atoms with E-state index in [-0.39, 0.29) is 18.6 Å². The maximum Gasteiger partial charge on any atom is 0.331 e. The standard InChI is InChI=1S/C22H32N2O3/c1-14-6-5-7-20(16(14)3)23-21(25)13-27-22(26)11-8-18-12-15(2)24(17(18)4)19-9-10-19/h8,11-12,14,16,19-20H,5-7,9-10,13H2,1-4H3,(H,23,25)/b11-8+/t14-,16+,20-/m1/s1. The van der Waals surface area contributed by atoms with Gasteiger partial charge in [-0.05, 0) is 62.7 Å². The Labute approximate surface area is 162 Å². The first kappa shape index (κ1) is 19.7. The first-order valence-corrected chi connectivity index (χ1v) is 10.2. The van der Waals surface area contributed by atoms with Crippen LogP contribution in [0.25, 0.3) is 6.08 Å². The fourth-order valence-corrected chi connectivity index (χ4v) is 4.24. The van der Waals surface area contributed by atoms with E-state index in [2.05, 4.69) is 43.6 Å². The fraction of sp³-hybridized carbons (Fsp3) is 0.636. The third-order valence-corrected chi connectivity index (χ3v) is 6.23. The van der Waals surface area contributed by atoms with E-state index in [9.17, 15) is 9.59 Å². The quantitative estimate of drug-likeness (QED) is 0.608. The Morgan fingerprint density at radius 1 is 1.22 bits per heavy atom. The number of hydrogen-bond acceptors (Lipinski definition) is 3. The Morgan fingerprint density at radius 3 is 2.67 bits per heavy atom. The van der Waals surface area contributed by atoms with Gasteiger partial charge in [-0.3, -0.25) is 4.79 Å². The molecular weight excluding hydrogens is 340 g/mol. The van der Waals surface area contributed by atoms with E-state index in [0.717, 1.165) is 18.4 Å². The third-order valence-electron chi connectivity index (χ3n) is 6.23. The lowest BCUT2D eigenvalue weighted by Gasteiger charge is -2.34. The molecule has 2 saturated carbocycles. The lowest BCUT2D eigenvalue weighted by molar-refractivity contribution is -0.144. The van der Waals surface area contributed by atoms with Crippen LogP contribution >= 0.6 is 0 Å². The Balaban J connectivity index is 1.47. The van der Waals surface area contributed by atoms with Crippen LogP contribution < -0.4 is 5.32 Å². The summed E-state index contributed by atoms with van der Waals surface area (Å²) in [6.07, 6.45) is 9.02. The summed E-state index contributed by atoms with van der Waals surface area (Å²) in [5.74, 6) is 0.380. The van der Waals surface area contributed by atoms with Gasteiger partial charge in [-0.25, -0.2) is 4.79 Å². The average molecular weight is 373 g/mol. The highest BCUT2D eigenvalue weighted by Gasteiger charge is 2.28. The topological polar surface area (TPSA) is 60.3 Å². The van der Waals surface area contributed by atoms with E-state index in [4.69, 9.17) is 4.74 Å². The molecule has 1 N–H and O–H groups in total. The Bertz CT molecular complexity index is 730. The van der Waals surface area contributed by atoms with Crippen molar-refractivity contribution in [2.45, 2.75) is 71.9 Å². The maximum atomic E-state index is 12.1. The summed E-state index contributed by atoms with van der Waals surface area (Å²) in [7, 11) is 0. The number of nitrogens with one attached hydrogen (secondary N) is 1. The maximum absolute atomic E-state index is 12.1. The highest BCUT2D eigenvalue weighted by Crippen LogP contribution is 2.38. The zero-order valence-electron chi connectivity index (χ0n) is 17.0.